The maximum absolute atomic E-state index is 13.2. The number of aliphatic hydroxyl groups is 2. The number of aldehydes is 1. The summed E-state index contributed by atoms with van der Waals surface area (Å²) in [6, 6.07) is 3.27. The number of rotatable bonds is 5. The molecule has 6 unspecified atom stereocenters. The highest BCUT2D eigenvalue weighted by Crippen LogP contribution is 2.67. The van der Waals surface area contributed by atoms with Crippen molar-refractivity contribution in [3.05, 3.63) is 60.1 Å². The first-order chi connectivity index (χ1) is 19.2. The predicted octanol–water partition coefficient (Wildman–Crippen LogP) is 6.69. The molecule has 40 heavy (non-hydrogen) atoms. The third kappa shape index (κ3) is 7.15. The van der Waals surface area contributed by atoms with Crippen molar-refractivity contribution in [1.82, 2.24) is 0 Å². The molecule has 0 amide bonds. The van der Waals surface area contributed by atoms with Crippen LogP contribution in [0.1, 0.15) is 77.3 Å². The molecule has 3 fully saturated rings. The molecule has 0 spiro atoms. The molecular formula is C33H48O6S. The van der Waals surface area contributed by atoms with Crippen LogP contribution in [-0.4, -0.2) is 46.9 Å². The molecule has 1 aromatic heterocycles. The van der Waals surface area contributed by atoms with E-state index in [1.54, 1.807) is 24.3 Å². The zero-order chi connectivity index (χ0) is 29.9. The van der Waals surface area contributed by atoms with E-state index in [0.717, 1.165) is 39.2 Å². The molecule has 0 aromatic carbocycles. The summed E-state index contributed by atoms with van der Waals surface area (Å²) in [6.45, 7) is 11.0. The van der Waals surface area contributed by atoms with E-state index < -0.39 is 0 Å². The lowest BCUT2D eigenvalue weighted by molar-refractivity contribution is -0.122. The van der Waals surface area contributed by atoms with Gasteiger partial charge in [0.25, 0.3) is 0 Å². The Morgan fingerprint density at radius 2 is 1.90 bits per heavy atom. The van der Waals surface area contributed by atoms with E-state index in [4.69, 9.17) is 10.2 Å². The lowest BCUT2D eigenvalue weighted by Crippen LogP contribution is -2.50. The van der Waals surface area contributed by atoms with Crippen LogP contribution in [0, 0.1) is 40.4 Å². The fraction of sp³-hybridized carbons (Fsp3) is 0.606. The summed E-state index contributed by atoms with van der Waals surface area (Å²) in [7, 11) is 1.00. The zero-order valence-electron chi connectivity index (χ0n) is 25.0. The number of carbonyl (C=O) groups is 3. The van der Waals surface area contributed by atoms with Crippen molar-refractivity contribution in [2.75, 3.05) is 19.5 Å². The van der Waals surface area contributed by atoms with Gasteiger partial charge in [-0.3, -0.25) is 14.4 Å². The van der Waals surface area contributed by atoms with Crippen LogP contribution >= 0.6 is 11.8 Å². The molecule has 4 aliphatic rings. The highest BCUT2D eigenvalue weighted by Gasteiger charge is 2.61. The van der Waals surface area contributed by atoms with Gasteiger partial charge in [0.05, 0.1) is 12.9 Å². The largest absolute Gasteiger partial charge is 0.462 e. The quantitative estimate of drug-likeness (QED) is 0.299. The van der Waals surface area contributed by atoms with Gasteiger partial charge in [0, 0.05) is 24.2 Å². The Morgan fingerprint density at radius 3 is 2.50 bits per heavy atom. The van der Waals surface area contributed by atoms with Gasteiger partial charge >= 0.3 is 0 Å². The highest BCUT2D eigenvalue weighted by atomic mass is 32.2. The molecular weight excluding hydrogens is 524 g/mol. The Kier molecular flexibility index (Phi) is 13.3. The van der Waals surface area contributed by atoms with Crippen LogP contribution < -0.4 is 0 Å². The van der Waals surface area contributed by atoms with E-state index in [0.29, 0.717) is 46.6 Å². The van der Waals surface area contributed by atoms with Crippen molar-refractivity contribution in [3.8, 4) is 0 Å². The van der Waals surface area contributed by atoms with Crippen LogP contribution in [-0.2, 0) is 9.59 Å². The van der Waals surface area contributed by atoms with Crippen molar-refractivity contribution in [3.63, 3.8) is 0 Å². The SMILES string of the molecule is CC.CO.C[C@@H]1CC2C3CCC4=CC(=O)C=CC4(C)C3CCC2(C)C1C(=O)SC/C=C\CO.O=Cc1ccco1. The fourth-order valence-electron chi connectivity index (χ4n) is 7.78. The monoisotopic (exact) mass is 572 g/mol. The molecule has 1 aromatic rings. The van der Waals surface area contributed by atoms with Crippen LogP contribution in [0.3, 0.4) is 0 Å². The van der Waals surface area contributed by atoms with E-state index in [-0.39, 0.29) is 29.1 Å². The van der Waals surface area contributed by atoms with Gasteiger partial charge in [-0.15, -0.1) is 0 Å². The van der Waals surface area contributed by atoms with E-state index in [9.17, 15) is 14.4 Å². The molecule has 0 bridgehead atoms. The molecule has 5 rings (SSSR count). The minimum atomic E-state index is 0.0212. The Labute approximate surface area is 244 Å². The van der Waals surface area contributed by atoms with Gasteiger partial charge in [0.15, 0.2) is 22.9 Å². The number of furan rings is 1. The predicted molar refractivity (Wildman–Crippen MR) is 162 cm³/mol. The second-order valence-electron chi connectivity index (χ2n) is 11.3. The van der Waals surface area contributed by atoms with Gasteiger partial charge in [-0.25, -0.2) is 0 Å². The average Bonchev–Trinajstić information content (AvgIpc) is 3.59. The number of hydrogen-bond acceptors (Lipinski definition) is 7. The third-order valence-electron chi connectivity index (χ3n) is 9.41. The lowest BCUT2D eigenvalue weighted by atomic mass is 9.48. The molecule has 0 aliphatic heterocycles. The topological polar surface area (TPSA) is 105 Å². The number of carbonyl (C=O) groups excluding carboxylic acids is 3. The molecule has 1 heterocycles. The maximum Gasteiger partial charge on any atom is 0.193 e. The second-order valence-corrected chi connectivity index (χ2v) is 12.3. The lowest BCUT2D eigenvalue weighted by Gasteiger charge is -2.56. The highest BCUT2D eigenvalue weighted by molar-refractivity contribution is 8.13. The van der Waals surface area contributed by atoms with Crippen molar-refractivity contribution in [1.29, 1.82) is 0 Å². The summed E-state index contributed by atoms with van der Waals surface area (Å²) < 4.78 is 4.61. The van der Waals surface area contributed by atoms with E-state index in [1.165, 1.54) is 23.6 Å². The Bertz CT molecular complexity index is 1060. The zero-order valence-corrected chi connectivity index (χ0v) is 25.8. The normalized spacial score (nSPS) is 33.5. The molecule has 4 aliphatic carbocycles. The van der Waals surface area contributed by atoms with Crippen molar-refractivity contribution >= 4 is 28.9 Å². The second kappa shape index (κ2) is 15.7. The maximum atomic E-state index is 13.2. The van der Waals surface area contributed by atoms with Gasteiger partial charge in [0.2, 0.25) is 0 Å². The summed E-state index contributed by atoms with van der Waals surface area (Å²) in [5.74, 6) is 3.57. The van der Waals surface area contributed by atoms with Crippen LogP contribution in [0.4, 0.5) is 0 Å². The fourth-order valence-corrected chi connectivity index (χ4v) is 8.86. The van der Waals surface area contributed by atoms with Crippen LogP contribution in [0.5, 0.6) is 0 Å². The minimum absolute atomic E-state index is 0.0212. The Hall–Kier alpha value is -2.22. The summed E-state index contributed by atoms with van der Waals surface area (Å²) in [5.41, 5.74) is 1.45. The summed E-state index contributed by atoms with van der Waals surface area (Å²) in [4.78, 5) is 34.9. The van der Waals surface area contributed by atoms with Crippen LogP contribution in [0.2, 0.25) is 0 Å². The number of aliphatic hydroxyl groups excluding tert-OH is 2. The van der Waals surface area contributed by atoms with Crippen molar-refractivity contribution in [2.45, 2.75) is 66.7 Å². The molecule has 7 atom stereocenters. The Balaban J connectivity index is 0.000000434. The summed E-state index contributed by atoms with van der Waals surface area (Å²) in [5, 5.41) is 16.2. The van der Waals surface area contributed by atoms with Crippen LogP contribution in [0.15, 0.2) is 58.8 Å². The standard InChI is InChI=1S/C25H34O3S.C5H4O2.C2H6.CH4O/c1-16-14-21-19-7-6-17-15-18(27)8-10-24(17,2)20(19)9-11-25(21,3)22(16)23(28)29-13-5-4-12-26;6-4-5-2-1-3-7-5;2*1-2/h4-5,8,10,15-16,19-22,26H,6-7,9,11-14H2,1-3H3;1-4H;1-2H3;2H,1H3/b5-4-;;;/t16-,19?,20?,21?,22?,24?,25?;;;/m1.../s1. The number of allylic oxidation sites excluding steroid dienone is 4. The molecule has 222 valence electrons. The molecule has 0 radical (unpaired) electrons. The molecule has 0 saturated heterocycles. The van der Waals surface area contributed by atoms with Gasteiger partial charge in [-0.2, -0.15) is 0 Å². The van der Waals surface area contributed by atoms with E-state index in [2.05, 4.69) is 31.3 Å². The number of ketones is 1. The molecule has 2 N–H and O–H groups in total. The van der Waals surface area contributed by atoms with E-state index in [1.807, 2.05) is 26.0 Å². The summed E-state index contributed by atoms with van der Waals surface area (Å²) >= 11 is 1.42. The number of fused-ring (bicyclic) bond motifs is 5. The first-order valence-corrected chi connectivity index (χ1v) is 15.5. The van der Waals surface area contributed by atoms with Gasteiger partial charge in [-0.05, 0) is 85.5 Å². The van der Waals surface area contributed by atoms with Gasteiger partial charge in [0.1, 0.15) is 0 Å². The third-order valence-corrected chi connectivity index (χ3v) is 10.3. The van der Waals surface area contributed by atoms with Gasteiger partial charge < -0.3 is 14.6 Å². The smallest absolute Gasteiger partial charge is 0.193 e. The first-order valence-electron chi connectivity index (χ1n) is 14.5. The Morgan fingerprint density at radius 1 is 1.18 bits per heavy atom. The van der Waals surface area contributed by atoms with Crippen LogP contribution in [0.25, 0.3) is 0 Å². The average molecular weight is 573 g/mol. The van der Waals surface area contributed by atoms with E-state index >= 15 is 0 Å². The molecule has 7 heteroatoms. The molecule has 6 nitrogen and oxygen atoms in total. The van der Waals surface area contributed by atoms with Crippen molar-refractivity contribution < 1.29 is 29.0 Å². The molecule has 3 saturated carbocycles. The summed E-state index contributed by atoms with van der Waals surface area (Å²) in [6.07, 6.45) is 17.2. The van der Waals surface area contributed by atoms with Crippen molar-refractivity contribution in [2.24, 2.45) is 40.4 Å². The minimum Gasteiger partial charge on any atom is -0.462 e. The van der Waals surface area contributed by atoms with Gasteiger partial charge in [-0.1, -0.05) is 70.2 Å². The first kappa shape index (κ1) is 34.0. The number of hydrogen-bond donors (Lipinski definition) is 2. The number of thioether (sulfide) groups is 1.